The molecule has 35 heavy (non-hydrogen) atoms. The van der Waals surface area contributed by atoms with E-state index in [4.69, 9.17) is 23.7 Å². The Balaban J connectivity index is 2.04. The number of carbonyl (C=O) groups excluding carboxylic acids is 4. The van der Waals surface area contributed by atoms with Crippen molar-refractivity contribution in [3.63, 3.8) is 0 Å². The van der Waals surface area contributed by atoms with Crippen molar-refractivity contribution >= 4 is 23.9 Å². The molecule has 2 unspecified atom stereocenters. The van der Waals surface area contributed by atoms with Crippen molar-refractivity contribution in [2.24, 2.45) is 7.05 Å². The average Bonchev–Trinajstić information content (AvgIpc) is 3.47. The molecule has 0 bridgehead atoms. The Morgan fingerprint density at radius 1 is 1.06 bits per heavy atom. The highest BCUT2D eigenvalue weighted by molar-refractivity contribution is 5.85. The summed E-state index contributed by atoms with van der Waals surface area (Å²) in [6, 6.07) is 0. The molecule has 0 spiro atoms. The first-order valence-corrected chi connectivity index (χ1v) is 10.3. The molecule has 3 heterocycles. The Kier molecular flexibility index (Phi) is 7.82. The van der Waals surface area contributed by atoms with Crippen LogP contribution in [0.25, 0.3) is 0 Å². The van der Waals surface area contributed by atoms with E-state index >= 15 is 0 Å². The number of esters is 4. The summed E-state index contributed by atoms with van der Waals surface area (Å²) in [5.74, 6) is 2.18. The molecule has 2 aromatic rings. The molecule has 14 nitrogen and oxygen atoms in total. The smallest absolute Gasteiger partial charge is 0.375 e. The molecule has 2 aromatic heterocycles. The molecule has 0 amide bonds. The average molecular weight is 489 g/mol. The minimum atomic E-state index is -1.30. The maximum atomic E-state index is 12.4. The Morgan fingerprint density at radius 2 is 1.74 bits per heavy atom. The largest absolute Gasteiger partial charge is 0.463 e. The van der Waals surface area contributed by atoms with Gasteiger partial charge in [-0.05, 0) is 11.8 Å². The normalized spacial score (nSPS) is 20.9. The number of carbonyl (C=O) groups is 4. The van der Waals surface area contributed by atoms with Gasteiger partial charge in [0.2, 0.25) is 11.6 Å². The van der Waals surface area contributed by atoms with Gasteiger partial charge in [0.25, 0.3) is 0 Å². The topological polar surface area (TPSA) is 163 Å². The van der Waals surface area contributed by atoms with Gasteiger partial charge in [0, 0.05) is 34.0 Å². The zero-order valence-electron chi connectivity index (χ0n) is 19.6. The monoisotopic (exact) mass is 489 g/mol. The summed E-state index contributed by atoms with van der Waals surface area (Å²) in [5.41, 5.74) is 0.440. The molecule has 4 atom stereocenters. The molecule has 0 aromatic carbocycles. The van der Waals surface area contributed by atoms with Crippen molar-refractivity contribution in [1.29, 1.82) is 0 Å². The Hall–Kier alpha value is -4.25. The molecule has 1 aliphatic heterocycles. The summed E-state index contributed by atoms with van der Waals surface area (Å²) in [6.45, 7) is 3.17. The van der Waals surface area contributed by atoms with Crippen molar-refractivity contribution < 1.29 is 42.9 Å². The molecule has 186 valence electrons. The van der Waals surface area contributed by atoms with Crippen LogP contribution in [-0.2, 0) is 45.1 Å². The van der Waals surface area contributed by atoms with E-state index in [2.05, 4.69) is 26.9 Å². The zero-order chi connectivity index (χ0) is 25.7. The van der Waals surface area contributed by atoms with Gasteiger partial charge in [-0.15, -0.1) is 5.10 Å². The lowest BCUT2D eigenvalue weighted by atomic mass is 10.1. The fourth-order valence-corrected chi connectivity index (χ4v) is 3.27. The SMILES string of the molecule is COC(=O)c1nc(C#Cc2cn(C)cn2)nn1[C@@H]1O[C@H](COC(C)=O)C(OC(C)=O)C1OC(C)=O. The fourth-order valence-electron chi connectivity index (χ4n) is 3.27. The number of nitrogens with zero attached hydrogens (tertiary/aromatic N) is 5. The first-order valence-electron chi connectivity index (χ1n) is 10.3. The van der Waals surface area contributed by atoms with Crippen molar-refractivity contribution in [2.45, 2.75) is 45.3 Å². The van der Waals surface area contributed by atoms with Crippen molar-refractivity contribution in [3.8, 4) is 11.8 Å². The van der Waals surface area contributed by atoms with E-state index in [-0.39, 0.29) is 18.3 Å². The van der Waals surface area contributed by atoms with Crippen molar-refractivity contribution in [3.05, 3.63) is 29.9 Å². The number of ether oxygens (including phenoxy) is 5. The van der Waals surface area contributed by atoms with Crippen LogP contribution in [0.1, 0.15) is 49.1 Å². The van der Waals surface area contributed by atoms with Gasteiger partial charge in [0.15, 0.2) is 18.4 Å². The van der Waals surface area contributed by atoms with Gasteiger partial charge in [-0.25, -0.2) is 14.5 Å². The summed E-state index contributed by atoms with van der Waals surface area (Å²) in [5, 5.41) is 4.22. The first kappa shape index (κ1) is 25.4. The number of aryl methyl sites for hydroxylation is 1. The standard InChI is InChI=1S/C21H23N5O9/c1-11(27)32-9-15-17(33-12(2)28)18(34-13(3)29)20(35-15)26-19(21(30)31-5)23-16(24-26)7-6-14-8-25(4)10-22-14/h8,10,15,17-18,20H,9H2,1-5H3/t15-,17?,18?,20-/m1/s1. The van der Waals surface area contributed by atoms with Gasteiger partial charge in [-0.1, -0.05) is 0 Å². The summed E-state index contributed by atoms with van der Waals surface area (Å²) < 4.78 is 29.1. The van der Waals surface area contributed by atoms with E-state index in [0.29, 0.717) is 5.69 Å². The van der Waals surface area contributed by atoms with Gasteiger partial charge in [0.1, 0.15) is 18.4 Å². The van der Waals surface area contributed by atoms with Gasteiger partial charge in [0.05, 0.1) is 13.4 Å². The van der Waals surface area contributed by atoms with Crippen LogP contribution in [0.4, 0.5) is 0 Å². The van der Waals surface area contributed by atoms with Crippen molar-refractivity contribution in [2.75, 3.05) is 13.7 Å². The van der Waals surface area contributed by atoms with E-state index < -0.39 is 48.4 Å². The lowest BCUT2D eigenvalue weighted by molar-refractivity contribution is -0.166. The third-order valence-corrected chi connectivity index (χ3v) is 4.59. The molecule has 0 saturated carbocycles. The third kappa shape index (κ3) is 6.21. The predicted octanol–water partition coefficient (Wildman–Crippen LogP) is -0.478. The van der Waals surface area contributed by atoms with E-state index in [1.807, 2.05) is 0 Å². The second-order valence-electron chi connectivity index (χ2n) is 7.39. The van der Waals surface area contributed by atoms with Crippen molar-refractivity contribution in [1.82, 2.24) is 24.3 Å². The maximum Gasteiger partial charge on any atom is 0.375 e. The van der Waals surface area contributed by atoms with Gasteiger partial charge in [-0.2, -0.15) is 4.98 Å². The second-order valence-corrected chi connectivity index (χ2v) is 7.39. The number of hydrogen-bond donors (Lipinski definition) is 0. The highest BCUT2D eigenvalue weighted by Crippen LogP contribution is 2.34. The molecule has 0 N–H and O–H groups in total. The van der Waals surface area contributed by atoms with E-state index in [0.717, 1.165) is 25.6 Å². The highest BCUT2D eigenvalue weighted by Gasteiger charge is 2.52. The minimum absolute atomic E-state index is 0.0753. The molecule has 0 radical (unpaired) electrons. The molecular weight excluding hydrogens is 466 g/mol. The van der Waals surface area contributed by atoms with Gasteiger partial charge >= 0.3 is 23.9 Å². The van der Waals surface area contributed by atoms with Crippen LogP contribution in [0.15, 0.2) is 12.5 Å². The number of rotatable bonds is 6. The molecule has 3 rings (SSSR count). The number of hydrogen-bond acceptors (Lipinski definition) is 12. The van der Waals surface area contributed by atoms with E-state index in [1.165, 1.54) is 6.92 Å². The third-order valence-electron chi connectivity index (χ3n) is 4.59. The summed E-state index contributed by atoms with van der Waals surface area (Å²) in [7, 11) is 2.92. The second kappa shape index (κ2) is 10.8. The molecule has 1 saturated heterocycles. The molecule has 1 fully saturated rings. The van der Waals surface area contributed by atoms with Crippen LogP contribution >= 0.6 is 0 Å². The lowest BCUT2D eigenvalue weighted by Crippen LogP contribution is -2.41. The number of aromatic nitrogens is 5. The first-order chi connectivity index (χ1) is 16.6. The minimum Gasteiger partial charge on any atom is -0.463 e. The lowest BCUT2D eigenvalue weighted by Gasteiger charge is -2.23. The number of imidazole rings is 1. The zero-order valence-corrected chi connectivity index (χ0v) is 19.6. The molecule has 14 heteroatoms. The summed E-state index contributed by atoms with van der Waals surface area (Å²) in [6.07, 6.45) is -1.56. The van der Waals surface area contributed by atoms with Crippen LogP contribution in [0.5, 0.6) is 0 Å². The Bertz CT molecular complexity index is 1190. The summed E-state index contributed by atoms with van der Waals surface area (Å²) in [4.78, 5) is 55.5. The Labute approximate surface area is 199 Å². The maximum absolute atomic E-state index is 12.4. The highest BCUT2D eigenvalue weighted by atomic mass is 16.7. The van der Waals surface area contributed by atoms with Crippen LogP contribution in [0.2, 0.25) is 0 Å². The van der Waals surface area contributed by atoms with E-state index in [1.54, 1.807) is 24.1 Å². The van der Waals surface area contributed by atoms with E-state index in [9.17, 15) is 19.2 Å². The predicted molar refractivity (Wildman–Crippen MR) is 112 cm³/mol. The number of methoxy groups -OCH3 is 1. The van der Waals surface area contributed by atoms with Crippen LogP contribution in [0.3, 0.4) is 0 Å². The van der Waals surface area contributed by atoms with Gasteiger partial charge in [-0.3, -0.25) is 14.4 Å². The quantitative estimate of drug-likeness (QED) is 0.291. The van der Waals surface area contributed by atoms with Crippen LogP contribution < -0.4 is 0 Å². The van der Waals surface area contributed by atoms with Gasteiger partial charge < -0.3 is 28.3 Å². The van der Waals surface area contributed by atoms with Crippen LogP contribution in [0, 0.1) is 11.8 Å². The molecule has 1 aliphatic rings. The summed E-state index contributed by atoms with van der Waals surface area (Å²) >= 11 is 0. The molecule has 0 aliphatic carbocycles. The van der Waals surface area contributed by atoms with Crippen LogP contribution in [-0.4, -0.2) is 80.2 Å². The Morgan fingerprint density at radius 3 is 2.31 bits per heavy atom. The molecular formula is C21H23N5O9. The fraction of sp³-hybridized carbons (Fsp3) is 0.476.